The zero-order valence-corrected chi connectivity index (χ0v) is 12.0. The van der Waals surface area contributed by atoms with Gasteiger partial charge in [0.25, 0.3) is 17.4 Å². The minimum atomic E-state index is -1.05. The highest BCUT2D eigenvalue weighted by molar-refractivity contribution is 5.93. The molecule has 1 heterocycles. The van der Waals surface area contributed by atoms with Crippen LogP contribution in [-0.2, 0) is 4.79 Å². The van der Waals surface area contributed by atoms with Crippen LogP contribution in [0.2, 0.25) is 0 Å². The summed E-state index contributed by atoms with van der Waals surface area (Å²) >= 11 is 0. The van der Waals surface area contributed by atoms with Crippen LogP contribution in [0.15, 0.2) is 41.2 Å². The van der Waals surface area contributed by atoms with Crippen molar-refractivity contribution >= 4 is 11.8 Å². The van der Waals surface area contributed by atoms with E-state index in [1.54, 1.807) is 6.07 Å². The molecule has 0 saturated carbocycles. The average molecular weight is 320 g/mol. The predicted octanol–water partition coefficient (Wildman–Crippen LogP) is 0.138. The molecule has 0 saturated heterocycles. The van der Waals surface area contributed by atoms with E-state index < -0.39 is 29.3 Å². The van der Waals surface area contributed by atoms with E-state index in [9.17, 15) is 18.8 Å². The summed E-state index contributed by atoms with van der Waals surface area (Å²) in [6, 6.07) is 7.94. The summed E-state index contributed by atoms with van der Waals surface area (Å²) in [5.41, 5.74) is 3.67. The van der Waals surface area contributed by atoms with E-state index in [4.69, 9.17) is 4.74 Å². The third-order valence-electron chi connectivity index (χ3n) is 2.72. The highest BCUT2D eigenvalue weighted by atomic mass is 19.1. The first-order valence-electron chi connectivity index (χ1n) is 6.54. The van der Waals surface area contributed by atoms with Crippen molar-refractivity contribution in [1.29, 1.82) is 0 Å². The van der Waals surface area contributed by atoms with E-state index in [1.165, 1.54) is 31.2 Å². The molecule has 8 nitrogen and oxygen atoms in total. The van der Waals surface area contributed by atoms with Crippen molar-refractivity contribution in [2.45, 2.75) is 13.0 Å². The van der Waals surface area contributed by atoms with Crippen molar-refractivity contribution in [3.63, 3.8) is 0 Å². The van der Waals surface area contributed by atoms with Crippen LogP contribution in [0.5, 0.6) is 5.75 Å². The third kappa shape index (κ3) is 4.37. The number of aromatic nitrogens is 2. The van der Waals surface area contributed by atoms with Crippen LogP contribution < -0.4 is 21.1 Å². The Hall–Kier alpha value is -3.23. The van der Waals surface area contributed by atoms with Crippen molar-refractivity contribution in [2.24, 2.45) is 0 Å². The SMILES string of the molecule is C[C@@H](Oc1ccccc1F)C(=O)NNC(=O)c1ccc(=O)[nH]n1. The van der Waals surface area contributed by atoms with Gasteiger partial charge in [-0.15, -0.1) is 0 Å². The number of carbonyl (C=O) groups excluding carboxylic acids is 2. The first-order chi connectivity index (χ1) is 11.0. The van der Waals surface area contributed by atoms with Crippen LogP contribution in [-0.4, -0.2) is 28.1 Å². The minimum Gasteiger partial charge on any atom is -0.478 e. The molecule has 0 unspecified atom stereocenters. The Labute approximate surface area is 129 Å². The standard InChI is InChI=1S/C14H13FN4O4/c1-8(23-11-5-3-2-4-9(11)15)13(21)18-19-14(22)10-6-7-12(20)17-16-10/h2-8H,1H3,(H,17,20)(H,18,21)(H,19,22)/t8-/m1/s1. The van der Waals surface area contributed by atoms with Gasteiger partial charge in [0, 0.05) is 6.07 Å². The van der Waals surface area contributed by atoms with Crippen molar-refractivity contribution in [3.05, 3.63) is 58.3 Å². The van der Waals surface area contributed by atoms with Gasteiger partial charge in [-0.3, -0.25) is 25.2 Å². The van der Waals surface area contributed by atoms with Crippen LogP contribution >= 0.6 is 0 Å². The maximum absolute atomic E-state index is 13.4. The van der Waals surface area contributed by atoms with E-state index in [-0.39, 0.29) is 11.4 Å². The fraction of sp³-hybridized carbons (Fsp3) is 0.143. The van der Waals surface area contributed by atoms with Gasteiger partial charge in [0.05, 0.1) is 0 Å². The summed E-state index contributed by atoms with van der Waals surface area (Å²) in [5, 5.41) is 5.58. The fourth-order valence-corrected chi connectivity index (χ4v) is 1.54. The lowest BCUT2D eigenvalue weighted by molar-refractivity contribution is -0.128. The van der Waals surface area contributed by atoms with Gasteiger partial charge in [-0.2, -0.15) is 5.10 Å². The number of amides is 2. The van der Waals surface area contributed by atoms with Crippen LogP contribution in [0.4, 0.5) is 4.39 Å². The number of nitrogens with zero attached hydrogens (tertiary/aromatic N) is 1. The minimum absolute atomic E-state index is 0.0798. The van der Waals surface area contributed by atoms with E-state index >= 15 is 0 Å². The molecule has 9 heteroatoms. The van der Waals surface area contributed by atoms with Gasteiger partial charge in [-0.1, -0.05) is 12.1 Å². The molecule has 1 atom stereocenters. The molecule has 120 valence electrons. The second-order valence-electron chi connectivity index (χ2n) is 4.44. The number of ether oxygens (including phenoxy) is 1. The molecule has 0 aliphatic carbocycles. The topological polar surface area (TPSA) is 113 Å². The summed E-state index contributed by atoms with van der Waals surface area (Å²) in [6.07, 6.45) is -1.05. The molecule has 1 aromatic heterocycles. The third-order valence-corrected chi connectivity index (χ3v) is 2.72. The molecule has 0 radical (unpaired) electrons. The highest BCUT2D eigenvalue weighted by Crippen LogP contribution is 2.16. The Morgan fingerprint density at radius 3 is 2.61 bits per heavy atom. The van der Waals surface area contributed by atoms with Gasteiger partial charge in [0.1, 0.15) is 0 Å². The molecule has 23 heavy (non-hydrogen) atoms. The van der Waals surface area contributed by atoms with E-state index in [1.807, 2.05) is 0 Å². The molecule has 0 fully saturated rings. The number of carbonyl (C=O) groups is 2. The lowest BCUT2D eigenvalue weighted by atomic mass is 10.3. The van der Waals surface area contributed by atoms with Gasteiger partial charge in [-0.25, -0.2) is 9.49 Å². The number of halogens is 1. The largest absolute Gasteiger partial charge is 0.478 e. The summed E-state index contributed by atoms with van der Waals surface area (Å²) < 4.78 is 18.6. The summed E-state index contributed by atoms with van der Waals surface area (Å²) in [7, 11) is 0. The number of para-hydroxylation sites is 1. The van der Waals surface area contributed by atoms with Crippen LogP contribution in [0.3, 0.4) is 0 Å². The summed E-state index contributed by atoms with van der Waals surface area (Å²) in [6.45, 7) is 1.40. The molecule has 2 rings (SSSR count). The Morgan fingerprint density at radius 1 is 1.22 bits per heavy atom. The molecule has 2 amide bonds. The summed E-state index contributed by atoms with van der Waals surface area (Å²) in [4.78, 5) is 34.3. The Kier molecular flexibility index (Phi) is 5.03. The lowest BCUT2D eigenvalue weighted by Crippen LogP contribution is -2.47. The quantitative estimate of drug-likeness (QED) is 0.693. The molecule has 0 aliphatic heterocycles. The predicted molar refractivity (Wildman–Crippen MR) is 77.0 cm³/mol. The normalized spacial score (nSPS) is 11.4. The number of benzene rings is 1. The van der Waals surface area contributed by atoms with E-state index in [2.05, 4.69) is 21.0 Å². The van der Waals surface area contributed by atoms with Crippen LogP contribution in [0.25, 0.3) is 0 Å². The Bertz CT molecular complexity index is 757. The van der Waals surface area contributed by atoms with Gasteiger partial charge in [-0.05, 0) is 25.1 Å². The Morgan fingerprint density at radius 2 is 1.96 bits per heavy atom. The molecule has 0 spiro atoms. The zero-order chi connectivity index (χ0) is 16.8. The fourth-order valence-electron chi connectivity index (χ4n) is 1.54. The number of aromatic amines is 1. The molecular weight excluding hydrogens is 307 g/mol. The van der Waals surface area contributed by atoms with E-state index in [0.717, 1.165) is 6.07 Å². The second kappa shape index (κ2) is 7.16. The van der Waals surface area contributed by atoms with Crippen molar-refractivity contribution in [3.8, 4) is 5.75 Å². The number of nitrogens with one attached hydrogen (secondary N) is 3. The number of hydrogen-bond acceptors (Lipinski definition) is 5. The second-order valence-corrected chi connectivity index (χ2v) is 4.44. The van der Waals surface area contributed by atoms with Gasteiger partial charge >= 0.3 is 0 Å². The van der Waals surface area contributed by atoms with Crippen molar-refractivity contribution in [2.75, 3.05) is 0 Å². The molecular formula is C14H13FN4O4. The zero-order valence-electron chi connectivity index (χ0n) is 12.0. The van der Waals surface area contributed by atoms with Crippen molar-refractivity contribution in [1.82, 2.24) is 21.0 Å². The maximum Gasteiger partial charge on any atom is 0.290 e. The van der Waals surface area contributed by atoms with Gasteiger partial charge in [0.15, 0.2) is 23.4 Å². The smallest absolute Gasteiger partial charge is 0.290 e. The maximum atomic E-state index is 13.4. The molecule has 0 aliphatic rings. The number of rotatable bonds is 4. The molecule has 3 N–H and O–H groups in total. The number of hydrogen-bond donors (Lipinski definition) is 3. The molecule has 1 aromatic carbocycles. The molecule has 0 bridgehead atoms. The highest BCUT2D eigenvalue weighted by Gasteiger charge is 2.17. The lowest BCUT2D eigenvalue weighted by Gasteiger charge is -2.15. The first kappa shape index (κ1) is 16.1. The van der Waals surface area contributed by atoms with Crippen LogP contribution in [0, 0.1) is 5.82 Å². The van der Waals surface area contributed by atoms with Crippen LogP contribution in [0.1, 0.15) is 17.4 Å². The van der Waals surface area contributed by atoms with Gasteiger partial charge in [0.2, 0.25) is 0 Å². The molecule has 2 aromatic rings. The average Bonchev–Trinajstić information content (AvgIpc) is 2.55. The van der Waals surface area contributed by atoms with Gasteiger partial charge < -0.3 is 4.74 Å². The van der Waals surface area contributed by atoms with E-state index in [0.29, 0.717) is 0 Å². The summed E-state index contributed by atoms with van der Waals surface area (Å²) in [5.74, 6) is -2.10. The first-order valence-corrected chi connectivity index (χ1v) is 6.54. The van der Waals surface area contributed by atoms with Crippen molar-refractivity contribution < 1.29 is 18.7 Å². The number of H-pyrrole nitrogens is 1. The number of hydrazine groups is 1. The Balaban J connectivity index is 1.89. The monoisotopic (exact) mass is 320 g/mol.